The van der Waals surface area contributed by atoms with E-state index in [1.54, 1.807) is 0 Å². The van der Waals surface area contributed by atoms with Gasteiger partial charge in [0.2, 0.25) is 0 Å². The van der Waals surface area contributed by atoms with Gasteiger partial charge in [-0.1, -0.05) is 26.7 Å². The predicted molar refractivity (Wildman–Crippen MR) is 105 cm³/mol. The van der Waals surface area contributed by atoms with E-state index in [-0.39, 0.29) is 11.5 Å². The van der Waals surface area contributed by atoms with Crippen LogP contribution >= 0.6 is 0 Å². The summed E-state index contributed by atoms with van der Waals surface area (Å²) >= 11 is 0. The van der Waals surface area contributed by atoms with Gasteiger partial charge in [-0.25, -0.2) is 9.50 Å². The molecule has 0 unspecified atom stereocenters. The van der Waals surface area contributed by atoms with Crippen molar-refractivity contribution in [2.75, 3.05) is 0 Å². The normalized spacial score (nSPS) is 17.6. The predicted octanol–water partition coefficient (Wildman–Crippen LogP) is 3.87. The van der Waals surface area contributed by atoms with E-state index in [9.17, 15) is 10.1 Å². The summed E-state index contributed by atoms with van der Waals surface area (Å²) in [5.74, 6) is 0.581. The molecule has 0 radical (unpaired) electrons. The van der Waals surface area contributed by atoms with E-state index in [0.717, 1.165) is 5.69 Å². The quantitative estimate of drug-likeness (QED) is 0.748. The minimum Gasteiger partial charge on any atom is -0.295 e. The number of H-pyrrole nitrogens is 1. The fourth-order valence-corrected chi connectivity index (χ4v) is 4.48. The SMILES string of the molecule is CC(C)c1c(-c2cc(C3CC3)n(C3CCCC3)n2)nc2c(C#N)c[nH]n2c1=O. The van der Waals surface area contributed by atoms with Gasteiger partial charge in [-0.2, -0.15) is 10.4 Å². The first-order valence-electron chi connectivity index (χ1n) is 10.2. The molecule has 144 valence electrons. The Bertz CT molecular complexity index is 1150. The van der Waals surface area contributed by atoms with E-state index in [1.807, 2.05) is 13.8 Å². The summed E-state index contributed by atoms with van der Waals surface area (Å²) in [5.41, 5.74) is 3.90. The summed E-state index contributed by atoms with van der Waals surface area (Å²) in [5, 5.41) is 17.2. The van der Waals surface area contributed by atoms with Gasteiger partial charge in [0, 0.05) is 23.4 Å². The third kappa shape index (κ3) is 2.59. The zero-order valence-corrected chi connectivity index (χ0v) is 16.3. The van der Waals surface area contributed by atoms with Crippen molar-refractivity contribution in [2.24, 2.45) is 0 Å². The number of rotatable bonds is 4. The van der Waals surface area contributed by atoms with Crippen molar-refractivity contribution in [2.45, 2.75) is 70.3 Å². The molecule has 0 atom stereocenters. The minimum absolute atomic E-state index is 0.00161. The Morgan fingerprint density at radius 2 is 2.00 bits per heavy atom. The average Bonchev–Trinajstić information content (AvgIpc) is 3.11. The van der Waals surface area contributed by atoms with Crippen molar-refractivity contribution in [1.82, 2.24) is 24.4 Å². The Labute approximate surface area is 163 Å². The van der Waals surface area contributed by atoms with Crippen molar-refractivity contribution in [3.8, 4) is 17.5 Å². The highest BCUT2D eigenvalue weighted by atomic mass is 16.1. The highest BCUT2D eigenvalue weighted by Crippen LogP contribution is 2.44. The van der Waals surface area contributed by atoms with Crippen molar-refractivity contribution >= 4 is 5.65 Å². The third-order valence-corrected chi connectivity index (χ3v) is 6.07. The lowest BCUT2D eigenvalue weighted by atomic mass is 10.0. The van der Waals surface area contributed by atoms with Gasteiger partial charge in [-0.05, 0) is 37.7 Å². The van der Waals surface area contributed by atoms with E-state index in [2.05, 4.69) is 21.9 Å². The van der Waals surface area contributed by atoms with Crippen LogP contribution in [-0.4, -0.2) is 24.4 Å². The first kappa shape index (κ1) is 17.2. The van der Waals surface area contributed by atoms with Gasteiger partial charge in [-0.3, -0.25) is 14.6 Å². The minimum atomic E-state index is -0.153. The van der Waals surface area contributed by atoms with Gasteiger partial charge in [0.05, 0.1) is 6.04 Å². The molecular weight excluding hydrogens is 352 g/mol. The molecule has 2 aliphatic rings. The first-order valence-corrected chi connectivity index (χ1v) is 10.2. The Morgan fingerprint density at radius 3 is 2.64 bits per heavy atom. The monoisotopic (exact) mass is 376 g/mol. The molecule has 0 spiro atoms. The molecule has 0 aliphatic heterocycles. The Balaban J connectivity index is 1.74. The Morgan fingerprint density at radius 1 is 1.25 bits per heavy atom. The van der Waals surface area contributed by atoms with Crippen molar-refractivity contribution < 1.29 is 0 Å². The Kier molecular flexibility index (Phi) is 3.90. The number of nitriles is 1. The van der Waals surface area contributed by atoms with Crippen molar-refractivity contribution in [3.05, 3.63) is 39.4 Å². The van der Waals surface area contributed by atoms with Crippen LogP contribution in [0.5, 0.6) is 0 Å². The zero-order chi connectivity index (χ0) is 19.4. The van der Waals surface area contributed by atoms with E-state index in [0.29, 0.717) is 34.4 Å². The molecule has 3 heterocycles. The van der Waals surface area contributed by atoms with E-state index in [1.165, 1.54) is 54.9 Å². The molecule has 2 saturated carbocycles. The lowest BCUT2D eigenvalue weighted by molar-refractivity contribution is 0.451. The number of aromatic amines is 1. The lowest BCUT2D eigenvalue weighted by Gasteiger charge is -2.14. The second kappa shape index (κ2) is 6.33. The summed E-state index contributed by atoms with van der Waals surface area (Å²) in [6.07, 6.45) is 8.79. The number of fused-ring (bicyclic) bond motifs is 1. The van der Waals surface area contributed by atoms with Crippen LogP contribution in [0.1, 0.15) is 87.1 Å². The second-order valence-electron chi connectivity index (χ2n) is 8.40. The summed E-state index contributed by atoms with van der Waals surface area (Å²) in [7, 11) is 0. The largest absolute Gasteiger partial charge is 0.295 e. The number of hydrogen-bond acceptors (Lipinski definition) is 4. The van der Waals surface area contributed by atoms with Crippen molar-refractivity contribution in [1.29, 1.82) is 5.26 Å². The topological polar surface area (TPSA) is 91.8 Å². The highest BCUT2D eigenvalue weighted by Gasteiger charge is 2.32. The molecular formula is C21H24N6O. The molecule has 7 heteroatoms. The summed E-state index contributed by atoms with van der Waals surface area (Å²) in [6.45, 7) is 4.00. The fraction of sp³-hybridized carbons (Fsp3) is 0.524. The standard InChI is InChI=1S/C21H24N6O/c1-12(2)18-19(24-20-14(10-22)11-23-27(20)21(18)28)16-9-17(13-7-8-13)26(25-16)15-5-3-4-6-15/h9,11-13,15,23H,3-8H2,1-2H3. The van der Waals surface area contributed by atoms with Crippen LogP contribution in [0, 0.1) is 11.3 Å². The van der Waals surface area contributed by atoms with Crippen LogP contribution in [0.25, 0.3) is 17.0 Å². The van der Waals surface area contributed by atoms with Crippen LogP contribution in [0.4, 0.5) is 0 Å². The van der Waals surface area contributed by atoms with Crippen LogP contribution in [0.2, 0.25) is 0 Å². The fourth-order valence-electron chi connectivity index (χ4n) is 4.48. The molecule has 1 N–H and O–H groups in total. The summed E-state index contributed by atoms with van der Waals surface area (Å²) in [4.78, 5) is 17.9. The second-order valence-corrected chi connectivity index (χ2v) is 8.40. The van der Waals surface area contributed by atoms with Gasteiger partial charge in [-0.15, -0.1) is 0 Å². The molecule has 0 bridgehead atoms. The lowest BCUT2D eigenvalue weighted by Crippen LogP contribution is -2.22. The third-order valence-electron chi connectivity index (χ3n) is 6.07. The van der Waals surface area contributed by atoms with E-state index < -0.39 is 0 Å². The van der Waals surface area contributed by atoms with Crippen molar-refractivity contribution in [3.63, 3.8) is 0 Å². The Hall–Kier alpha value is -2.88. The van der Waals surface area contributed by atoms with Crippen LogP contribution in [0.15, 0.2) is 17.1 Å². The number of nitrogens with zero attached hydrogens (tertiary/aromatic N) is 5. The molecule has 7 nitrogen and oxygen atoms in total. The molecule has 0 saturated heterocycles. The molecule has 3 aromatic rings. The first-order chi connectivity index (χ1) is 13.6. The average molecular weight is 376 g/mol. The number of nitrogens with one attached hydrogen (secondary N) is 1. The molecule has 0 aromatic carbocycles. The molecule has 5 rings (SSSR count). The van der Waals surface area contributed by atoms with Gasteiger partial charge in [0.15, 0.2) is 5.65 Å². The van der Waals surface area contributed by atoms with E-state index >= 15 is 0 Å². The van der Waals surface area contributed by atoms with Crippen LogP contribution < -0.4 is 5.56 Å². The summed E-state index contributed by atoms with van der Waals surface area (Å²) < 4.78 is 3.59. The maximum Gasteiger partial charge on any atom is 0.276 e. The molecule has 28 heavy (non-hydrogen) atoms. The summed E-state index contributed by atoms with van der Waals surface area (Å²) in [6, 6.07) is 4.71. The number of hydrogen-bond donors (Lipinski definition) is 1. The van der Waals surface area contributed by atoms with Gasteiger partial charge in [0.1, 0.15) is 23.0 Å². The van der Waals surface area contributed by atoms with Gasteiger partial charge < -0.3 is 0 Å². The zero-order valence-electron chi connectivity index (χ0n) is 16.3. The van der Waals surface area contributed by atoms with Crippen LogP contribution in [-0.2, 0) is 0 Å². The van der Waals surface area contributed by atoms with Gasteiger partial charge in [0.25, 0.3) is 5.56 Å². The number of aromatic nitrogens is 5. The van der Waals surface area contributed by atoms with Crippen LogP contribution in [0.3, 0.4) is 0 Å². The van der Waals surface area contributed by atoms with Gasteiger partial charge >= 0.3 is 0 Å². The smallest absolute Gasteiger partial charge is 0.276 e. The maximum atomic E-state index is 13.1. The molecule has 0 amide bonds. The molecule has 3 aromatic heterocycles. The molecule has 2 aliphatic carbocycles. The van der Waals surface area contributed by atoms with E-state index in [4.69, 9.17) is 10.1 Å². The molecule has 2 fully saturated rings. The maximum absolute atomic E-state index is 13.1. The highest BCUT2D eigenvalue weighted by molar-refractivity contribution is 5.66.